The van der Waals surface area contributed by atoms with Crippen LogP contribution < -0.4 is 5.73 Å². The Morgan fingerprint density at radius 1 is 1.35 bits per heavy atom. The second-order valence-electron chi connectivity index (χ2n) is 6.39. The van der Waals surface area contributed by atoms with E-state index < -0.39 is 0 Å². The van der Waals surface area contributed by atoms with Crippen molar-refractivity contribution in [2.75, 3.05) is 39.3 Å². The van der Waals surface area contributed by atoms with Crippen molar-refractivity contribution in [1.82, 2.24) is 9.80 Å². The summed E-state index contributed by atoms with van der Waals surface area (Å²) in [7, 11) is 0. The zero-order chi connectivity index (χ0) is 14.5. The zero-order valence-electron chi connectivity index (χ0n) is 12.9. The van der Waals surface area contributed by atoms with Gasteiger partial charge >= 0.3 is 0 Å². The van der Waals surface area contributed by atoms with E-state index in [1.807, 2.05) is 6.92 Å². The Hall–Kier alpha value is -0.490. The molecule has 0 radical (unpaired) electrons. The normalized spacial score (nSPS) is 24.6. The number of nitrogens with zero attached hydrogens (tertiary/aromatic N) is 2. The molecule has 0 aliphatic carbocycles. The lowest BCUT2D eigenvalue weighted by molar-refractivity contribution is -0.117. The van der Waals surface area contributed by atoms with Crippen molar-refractivity contribution < 1.29 is 9.53 Å². The fourth-order valence-electron chi connectivity index (χ4n) is 2.94. The minimum Gasteiger partial charge on any atom is -0.378 e. The lowest BCUT2D eigenvalue weighted by Gasteiger charge is -2.42. The van der Waals surface area contributed by atoms with Crippen molar-refractivity contribution in [1.29, 1.82) is 0 Å². The molecule has 5 heteroatoms. The number of piperidine rings is 1. The van der Waals surface area contributed by atoms with E-state index in [9.17, 15) is 4.79 Å². The van der Waals surface area contributed by atoms with E-state index in [2.05, 4.69) is 9.80 Å². The van der Waals surface area contributed by atoms with Crippen LogP contribution in [-0.4, -0.2) is 67.2 Å². The summed E-state index contributed by atoms with van der Waals surface area (Å²) >= 11 is 0. The lowest BCUT2D eigenvalue weighted by atomic mass is 10.0. The molecule has 0 saturated carbocycles. The van der Waals surface area contributed by atoms with E-state index >= 15 is 0 Å². The van der Waals surface area contributed by atoms with E-state index in [1.54, 1.807) is 6.92 Å². The molecule has 2 fully saturated rings. The van der Waals surface area contributed by atoms with Crippen molar-refractivity contribution in [3.05, 3.63) is 0 Å². The van der Waals surface area contributed by atoms with Crippen LogP contribution in [0.3, 0.4) is 0 Å². The molecule has 20 heavy (non-hydrogen) atoms. The van der Waals surface area contributed by atoms with Crippen molar-refractivity contribution in [2.45, 2.75) is 45.4 Å². The highest BCUT2D eigenvalue weighted by Crippen LogP contribution is 2.20. The number of carbonyl (C=O) groups excluding carboxylic acids is 1. The van der Waals surface area contributed by atoms with Gasteiger partial charge in [0.1, 0.15) is 5.78 Å². The van der Waals surface area contributed by atoms with Gasteiger partial charge in [0.05, 0.1) is 18.9 Å². The van der Waals surface area contributed by atoms with Crippen LogP contribution in [0.2, 0.25) is 0 Å². The summed E-state index contributed by atoms with van der Waals surface area (Å²) in [5.74, 6) is 0.948. The zero-order valence-corrected chi connectivity index (χ0v) is 12.9. The molecule has 5 nitrogen and oxygen atoms in total. The standard InChI is InChI=1S/C15H29N3O2/c1-12(19)3-6-17-7-4-15(5-8-17)20-11-14-9-18(10-14)13(2)16/h13-15H,3-11,16H2,1-2H3. The first-order valence-electron chi connectivity index (χ1n) is 7.87. The molecule has 2 rings (SSSR count). The molecule has 0 spiro atoms. The highest BCUT2D eigenvalue weighted by atomic mass is 16.5. The van der Waals surface area contributed by atoms with E-state index in [0.29, 0.717) is 18.4 Å². The maximum absolute atomic E-state index is 11.0. The SMILES string of the molecule is CC(=O)CCN1CCC(OCC2CN(C(C)N)C2)CC1. The monoisotopic (exact) mass is 283 g/mol. The third-order valence-corrected chi connectivity index (χ3v) is 4.44. The van der Waals surface area contributed by atoms with Gasteiger partial charge in [0.2, 0.25) is 0 Å². The van der Waals surface area contributed by atoms with Crippen molar-refractivity contribution in [3.8, 4) is 0 Å². The van der Waals surface area contributed by atoms with Crippen LogP contribution in [0.1, 0.15) is 33.1 Å². The Bertz CT molecular complexity index is 308. The molecule has 2 heterocycles. The van der Waals surface area contributed by atoms with E-state index in [4.69, 9.17) is 10.5 Å². The number of ketones is 1. The van der Waals surface area contributed by atoms with E-state index in [1.165, 1.54) is 0 Å². The summed E-state index contributed by atoms with van der Waals surface area (Å²) in [6.07, 6.45) is 3.47. The Labute approximate surface area is 122 Å². The Balaban J connectivity index is 1.53. The average molecular weight is 283 g/mol. The average Bonchev–Trinajstić information content (AvgIpc) is 2.35. The van der Waals surface area contributed by atoms with Gasteiger partial charge in [-0.1, -0.05) is 0 Å². The van der Waals surface area contributed by atoms with Crippen LogP contribution in [0.4, 0.5) is 0 Å². The number of rotatable bonds is 7. The molecule has 0 aromatic rings. The third-order valence-electron chi connectivity index (χ3n) is 4.44. The lowest BCUT2D eigenvalue weighted by Crippen LogP contribution is -2.55. The first-order valence-corrected chi connectivity index (χ1v) is 7.87. The maximum Gasteiger partial charge on any atom is 0.131 e. The van der Waals surface area contributed by atoms with Crippen LogP contribution >= 0.6 is 0 Å². The van der Waals surface area contributed by atoms with Crippen molar-refractivity contribution in [3.63, 3.8) is 0 Å². The molecule has 2 aliphatic rings. The van der Waals surface area contributed by atoms with Crippen LogP contribution in [0, 0.1) is 5.92 Å². The van der Waals surface area contributed by atoms with Gasteiger partial charge < -0.3 is 15.4 Å². The number of ether oxygens (including phenoxy) is 1. The molecule has 2 N–H and O–H groups in total. The largest absolute Gasteiger partial charge is 0.378 e. The first kappa shape index (κ1) is 15.9. The number of nitrogens with two attached hydrogens (primary N) is 1. The molecule has 1 unspecified atom stereocenters. The van der Waals surface area contributed by atoms with E-state index in [0.717, 1.165) is 52.2 Å². The van der Waals surface area contributed by atoms with Gasteiger partial charge in [-0.2, -0.15) is 0 Å². The molecule has 116 valence electrons. The number of carbonyl (C=O) groups is 1. The maximum atomic E-state index is 11.0. The van der Waals surface area contributed by atoms with Gasteiger partial charge in [0.25, 0.3) is 0 Å². The number of hydrogen-bond donors (Lipinski definition) is 1. The summed E-state index contributed by atoms with van der Waals surface area (Å²) in [5.41, 5.74) is 5.82. The van der Waals surface area contributed by atoms with Crippen LogP contribution in [0.15, 0.2) is 0 Å². The smallest absolute Gasteiger partial charge is 0.131 e. The summed E-state index contributed by atoms with van der Waals surface area (Å²) < 4.78 is 6.03. The first-order chi connectivity index (χ1) is 9.54. The van der Waals surface area contributed by atoms with Gasteiger partial charge in [-0.15, -0.1) is 0 Å². The Morgan fingerprint density at radius 2 is 2.00 bits per heavy atom. The van der Waals surface area contributed by atoms with Crippen LogP contribution in [0.5, 0.6) is 0 Å². The van der Waals surface area contributed by atoms with E-state index in [-0.39, 0.29) is 11.9 Å². The summed E-state index contributed by atoms with van der Waals surface area (Å²) in [4.78, 5) is 15.6. The summed E-state index contributed by atoms with van der Waals surface area (Å²) in [6, 6.07) is 0. The number of hydrogen-bond acceptors (Lipinski definition) is 5. The number of Topliss-reactive ketones (excluding diaryl/α,β-unsaturated/α-hetero) is 1. The Morgan fingerprint density at radius 3 is 2.55 bits per heavy atom. The molecule has 0 bridgehead atoms. The predicted octanol–water partition coefficient (Wildman–Crippen LogP) is 0.683. The van der Waals surface area contributed by atoms with Crippen molar-refractivity contribution >= 4 is 5.78 Å². The highest BCUT2D eigenvalue weighted by Gasteiger charge is 2.30. The predicted molar refractivity (Wildman–Crippen MR) is 79.4 cm³/mol. The second-order valence-corrected chi connectivity index (χ2v) is 6.39. The van der Waals surface area contributed by atoms with Gasteiger partial charge in [-0.3, -0.25) is 9.69 Å². The molecular formula is C15H29N3O2. The number of likely N-dealkylation sites (tertiary alicyclic amines) is 2. The van der Waals surface area contributed by atoms with Crippen molar-refractivity contribution in [2.24, 2.45) is 11.7 Å². The van der Waals surface area contributed by atoms with Crippen LogP contribution in [0.25, 0.3) is 0 Å². The van der Waals surface area contributed by atoms with Gasteiger partial charge in [-0.25, -0.2) is 0 Å². The summed E-state index contributed by atoms with van der Waals surface area (Å²) in [5, 5.41) is 0. The highest BCUT2D eigenvalue weighted by molar-refractivity contribution is 5.75. The molecule has 2 aliphatic heterocycles. The molecular weight excluding hydrogens is 254 g/mol. The molecule has 2 saturated heterocycles. The fourth-order valence-corrected chi connectivity index (χ4v) is 2.94. The van der Waals surface area contributed by atoms with Gasteiger partial charge in [0.15, 0.2) is 0 Å². The third kappa shape index (κ3) is 4.81. The van der Waals surface area contributed by atoms with Crippen LogP contribution in [-0.2, 0) is 9.53 Å². The topological polar surface area (TPSA) is 58.8 Å². The molecule has 0 aromatic heterocycles. The second kappa shape index (κ2) is 7.50. The molecule has 1 atom stereocenters. The summed E-state index contributed by atoms with van der Waals surface area (Å²) in [6.45, 7) is 9.77. The minimum absolute atomic E-state index is 0.177. The molecule has 0 aromatic carbocycles. The minimum atomic E-state index is 0.177. The van der Waals surface area contributed by atoms with Gasteiger partial charge in [-0.05, 0) is 26.7 Å². The Kier molecular flexibility index (Phi) is 5.96. The fraction of sp³-hybridized carbons (Fsp3) is 0.933. The quantitative estimate of drug-likeness (QED) is 0.745. The van der Waals surface area contributed by atoms with Gasteiger partial charge in [0, 0.05) is 45.1 Å². The molecule has 0 amide bonds.